The Morgan fingerprint density at radius 2 is 0.469 bits per heavy atom. The molecule has 0 aliphatic rings. The van der Waals surface area contributed by atoms with Crippen molar-refractivity contribution in [1.29, 1.82) is 0 Å². The second kappa shape index (κ2) is 19.5. The Balaban J connectivity index is -0.000000560. The molecular weight excluding hydrogens is 662 g/mol. The second-order valence-electron chi connectivity index (χ2n) is 6.21. The van der Waals surface area contributed by atoms with Gasteiger partial charge in [-0.25, -0.2) is 0 Å². The van der Waals surface area contributed by atoms with Crippen molar-refractivity contribution in [3.05, 3.63) is 121 Å². The van der Waals surface area contributed by atoms with Crippen LogP contribution in [0.2, 0.25) is 0 Å². The van der Waals surface area contributed by atoms with E-state index in [1.807, 2.05) is 0 Å². The van der Waals surface area contributed by atoms with Gasteiger partial charge < -0.3 is 0 Å². The van der Waals surface area contributed by atoms with Gasteiger partial charge >= 0.3 is 154 Å². The summed E-state index contributed by atoms with van der Waals surface area (Å²) in [6.45, 7) is 0. The zero-order valence-corrected chi connectivity index (χ0v) is 24.9. The molecule has 0 saturated carbocycles. The molecule has 0 N–H and O–H groups in total. The van der Waals surface area contributed by atoms with Gasteiger partial charge in [0.1, 0.15) is 0 Å². The summed E-state index contributed by atoms with van der Waals surface area (Å²) in [5.41, 5.74) is 0. The van der Waals surface area contributed by atoms with E-state index in [4.69, 9.17) is 0 Å². The fourth-order valence-corrected chi connectivity index (χ4v) is 17.4. The first kappa shape index (κ1) is 39.5. The van der Waals surface area contributed by atoms with E-state index in [1.54, 1.807) is 0 Å². The Morgan fingerprint density at radius 3 is 0.625 bits per heavy atom. The Kier molecular flexibility index (Phi) is 24.1. The zero-order chi connectivity index (χ0) is 17.0. The quantitative estimate of drug-likeness (QED) is 0.285. The molecule has 4 aromatic rings. The number of hydrogen-bond donors (Lipinski definition) is 0. The van der Waals surface area contributed by atoms with Gasteiger partial charge in [0.05, 0.1) is 0 Å². The molecular formula is C24H28AlCl5SnV. The maximum atomic E-state index is 2.32. The van der Waals surface area contributed by atoms with Crippen LogP contribution in [0.5, 0.6) is 0 Å². The predicted molar refractivity (Wildman–Crippen MR) is 156 cm³/mol. The normalized spacial score (nSPS) is 8.75. The number of benzene rings is 4. The third-order valence-electron chi connectivity index (χ3n) is 4.83. The van der Waals surface area contributed by atoms with Crippen LogP contribution in [0.3, 0.4) is 0 Å². The molecule has 0 nitrogen and oxygen atoms in total. The monoisotopic (exact) mass is 689 g/mol. The van der Waals surface area contributed by atoms with Crippen LogP contribution in [0.1, 0.15) is 0 Å². The van der Waals surface area contributed by atoms with E-state index < -0.39 is 18.4 Å². The van der Waals surface area contributed by atoms with E-state index in [-0.39, 0.29) is 98.0 Å². The van der Waals surface area contributed by atoms with Gasteiger partial charge in [0.25, 0.3) is 0 Å². The fourth-order valence-electron chi connectivity index (χ4n) is 3.75. The molecule has 0 bridgehead atoms. The van der Waals surface area contributed by atoms with Crippen molar-refractivity contribution in [2.24, 2.45) is 0 Å². The van der Waals surface area contributed by atoms with Crippen molar-refractivity contribution < 1.29 is 18.6 Å². The van der Waals surface area contributed by atoms with Gasteiger partial charge in [-0.2, -0.15) is 0 Å². The molecule has 0 fully saturated rings. The summed E-state index contributed by atoms with van der Waals surface area (Å²) >= 11 is -3.31. The van der Waals surface area contributed by atoms with Crippen molar-refractivity contribution in [3.8, 4) is 0 Å². The Morgan fingerprint density at radius 1 is 0.312 bits per heavy atom. The first-order valence-electron chi connectivity index (χ1n) is 8.64. The molecule has 0 amide bonds. The van der Waals surface area contributed by atoms with Gasteiger partial charge in [-0.3, -0.25) is 0 Å². The molecule has 0 unspecified atom stereocenters. The van der Waals surface area contributed by atoms with E-state index in [9.17, 15) is 0 Å². The third kappa shape index (κ3) is 8.18. The SMILES string of the molecule is Cl.Cl.Cl.Cl.Cl.[AlH3].[V].c1cc[c]([Sn]([c]2ccccc2)([c]2ccccc2)[c]2ccccc2)cc1. The molecule has 0 spiro atoms. The van der Waals surface area contributed by atoms with Crippen LogP contribution in [0.4, 0.5) is 0 Å². The minimum absolute atomic E-state index is 0. The van der Waals surface area contributed by atoms with Crippen LogP contribution in [0.25, 0.3) is 0 Å². The van der Waals surface area contributed by atoms with Gasteiger partial charge in [-0.15, -0.1) is 62.0 Å². The second-order valence-corrected chi connectivity index (χ2v) is 17.1. The van der Waals surface area contributed by atoms with Gasteiger partial charge in [0.15, 0.2) is 17.4 Å². The van der Waals surface area contributed by atoms with Crippen molar-refractivity contribution in [3.63, 3.8) is 0 Å². The van der Waals surface area contributed by atoms with Gasteiger partial charge in [0.2, 0.25) is 0 Å². The number of halogens is 5. The van der Waals surface area contributed by atoms with Crippen molar-refractivity contribution in [2.45, 2.75) is 0 Å². The van der Waals surface area contributed by atoms with E-state index in [0.29, 0.717) is 0 Å². The number of rotatable bonds is 4. The summed E-state index contributed by atoms with van der Waals surface area (Å²) in [6.07, 6.45) is 0. The molecule has 0 aromatic heterocycles. The molecule has 171 valence electrons. The molecule has 4 aromatic carbocycles. The molecule has 4 rings (SSSR count). The Labute approximate surface area is 249 Å². The van der Waals surface area contributed by atoms with Crippen LogP contribution < -0.4 is 14.3 Å². The molecule has 0 atom stereocenters. The van der Waals surface area contributed by atoms with E-state index >= 15 is 0 Å². The summed E-state index contributed by atoms with van der Waals surface area (Å²) in [7, 11) is 0. The Hall–Kier alpha value is 0.246. The van der Waals surface area contributed by atoms with Crippen LogP contribution in [-0.2, 0) is 18.6 Å². The predicted octanol–water partition coefficient (Wildman–Crippen LogP) is 3.99. The van der Waals surface area contributed by atoms with Gasteiger partial charge in [-0.05, 0) is 0 Å². The summed E-state index contributed by atoms with van der Waals surface area (Å²) in [5, 5.41) is 0. The molecule has 0 aliphatic carbocycles. The molecule has 0 aliphatic heterocycles. The molecule has 1 radical (unpaired) electrons. The van der Waals surface area contributed by atoms with Crippen molar-refractivity contribution in [1.82, 2.24) is 0 Å². The third-order valence-corrected chi connectivity index (χ3v) is 18.5. The average molecular weight is 690 g/mol. The van der Waals surface area contributed by atoms with Crippen LogP contribution in [0, 0.1) is 0 Å². The topological polar surface area (TPSA) is 0 Å². The van der Waals surface area contributed by atoms with Gasteiger partial charge in [0, 0.05) is 18.6 Å². The fraction of sp³-hybridized carbons (Fsp3) is 0. The molecule has 32 heavy (non-hydrogen) atoms. The standard InChI is InChI=1S/4C6H5.Al.5ClH.Sn.V.3H/c4*1-2-4-6-5-3-1;;;;;;;;;;;/h4*1-5H;;5*1H;;;;;. The summed E-state index contributed by atoms with van der Waals surface area (Å²) < 4.78 is 5.95. The molecule has 8 heteroatoms. The van der Waals surface area contributed by atoms with Crippen molar-refractivity contribution in [2.75, 3.05) is 0 Å². The molecule has 0 heterocycles. The summed E-state index contributed by atoms with van der Waals surface area (Å²) in [4.78, 5) is 0. The van der Waals surface area contributed by atoms with E-state index in [0.717, 1.165) is 0 Å². The zero-order valence-electron chi connectivity index (χ0n) is 16.5. The first-order chi connectivity index (χ1) is 12.4. The van der Waals surface area contributed by atoms with Crippen LogP contribution >= 0.6 is 62.0 Å². The Bertz CT molecular complexity index is 785. The van der Waals surface area contributed by atoms with E-state index in [1.165, 1.54) is 14.3 Å². The minimum atomic E-state index is -3.31. The average Bonchev–Trinajstić information content (AvgIpc) is 2.72. The summed E-state index contributed by atoms with van der Waals surface area (Å²) in [5.74, 6) is 0. The van der Waals surface area contributed by atoms with Crippen LogP contribution in [0.15, 0.2) is 121 Å². The molecule has 0 saturated heterocycles. The van der Waals surface area contributed by atoms with Crippen molar-refractivity contribution >= 4 is 112 Å². The van der Waals surface area contributed by atoms with Crippen LogP contribution in [-0.4, -0.2) is 35.7 Å². The summed E-state index contributed by atoms with van der Waals surface area (Å²) in [6, 6.07) is 44.4. The number of hydrogen-bond acceptors (Lipinski definition) is 0. The van der Waals surface area contributed by atoms with E-state index in [2.05, 4.69) is 121 Å². The first-order valence-corrected chi connectivity index (χ1v) is 14.4. The van der Waals surface area contributed by atoms with Gasteiger partial charge in [-0.1, -0.05) is 0 Å². The maximum absolute atomic E-state index is 3.31.